The number of nitrogens with one attached hydrogen (secondary N) is 1. The van der Waals surface area contributed by atoms with Gasteiger partial charge in [0.2, 0.25) is 0 Å². The Hall–Kier alpha value is -1.46. The molecule has 3 rings (SSSR count). The number of halogens is 1. The molecule has 25 heavy (non-hydrogen) atoms. The number of urea groups is 1. The number of nitrogens with zero attached hydrogens (tertiary/aromatic N) is 4. The molecule has 1 fully saturated rings. The van der Waals surface area contributed by atoms with Crippen LogP contribution >= 0.6 is 22.9 Å². The van der Waals surface area contributed by atoms with E-state index in [9.17, 15) is 13.2 Å². The zero-order valence-corrected chi connectivity index (χ0v) is 15.9. The number of hydrogen-bond donors (Lipinski definition) is 1. The number of likely N-dealkylation sites (N-methyl/N-ethyl adjacent to an activating group) is 1. The van der Waals surface area contributed by atoms with Gasteiger partial charge in [-0.15, -0.1) is 11.3 Å². The second-order valence-electron chi connectivity index (χ2n) is 5.67. The number of sulfonamides is 1. The van der Waals surface area contributed by atoms with Crippen LogP contribution in [-0.4, -0.2) is 74.7 Å². The van der Waals surface area contributed by atoms with Gasteiger partial charge in [0.15, 0.2) is 0 Å². The number of thiophene rings is 1. The topological polar surface area (TPSA) is 85.3 Å². The number of rotatable bonds is 3. The third kappa shape index (κ3) is 4.04. The van der Waals surface area contributed by atoms with Gasteiger partial charge in [0.1, 0.15) is 15.2 Å². The monoisotopic (exact) mass is 403 g/mol. The predicted molar refractivity (Wildman–Crippen MR) is 98.9 cm³/mol. The number of allylic oxidation sites excluding steroid dienone is 1. The van der Waals surface area contributed by atoms with E-state index >= 15 is 0 Å². The van der Waals surface area contributed by atoms with Gasteiger partial charge in [-0.2, -0.15) is 4.31 Å². The summed E-state index contributed by atoms with van der Waals surface area (Å²) in [6.07, 6.45) is 4.83. The Labute approximate surface area is 155 Å². The Kier molecular flexibility index (Phi) is 5.44. The van der Waals surface area contributed by atoms with Crippen molar-refractivity contribution in [2.24, 2.45) is 4.99 Å². The van der Waals surface area contributed by atoms with Crippen LogP contribution in [0.5, 0.6) is 0 Å². The average molecular weight is 404 g/mol. The summed E-state index contributed by atoms with van der Waals surface area (Å²) in [4.78, 5) is 19.6. The van der Waals surface area contributed by atoms with E-state index in [0.717, 1.165) is 11.3 Å². The highest BCUT2D eigenvalue weighted by molar-refractivity contribution is 7.91. The van der Waals surface area contributed by atoms with E-state index in [4.69, 9.17) is 11.6 Å². The predicted octanol–water partition coefficient (Wildman–Crippen LogP) is 1.73. The maximum absolute atomic E-state index is 12.8. The van der Waals surface area contributed by atoms with Crippen molar-refractivity contribution in [3.8, 4) is 0 Å². The van der Waals surface area contributed by atoms with Crippen molar-refractivity contribution >= 4 is 50.9 Å². The first kappa shape index (κ1) is 18.3. The van der Waals surface area contributed by atoms with Crippen LogP contribution in [-0.2, 0) is 10.0 Å². The third-order valence-corrected chi connectivity index (χ3v) is 7.62. The molecule has 2 aliphatic rings. The lowest BCUT2D eigenvalue weighted by Gasteiger charge is -2.31. The molecule has 136 valence electrons. The molecular formula is C14H18ClN5O3S2. The molecule has 2 amide bonds. The lowest BCUT2D eigenvalue weighted by Crippen LogP contribution is -2.46. The molecule has 1 N–H and O–H groups in total. The number of piperazine rings is 1. The Morgan fingerprint density at radius 1 is 1.32 bits per heavy atom. The summed E-state index contributed by atoms with van der Waals surface area (Å²) in [5, 5.41) is 2.63. The van der Waals surface area contributed by atoms with E-state index < -0.39 is 16.1 Å². The molecule has 0 radical (unpaired) electrons. The van der Waals surface area contributed by atoms with Gasteiger partial charge in [-0.1, -0.05) is 11.6 Å². The fraction of sp³-hybridized carbons (Fsp3) is 0.429. The number of amides is 2. The van der Waals surface area contributed by atoms with Crippen molar-refractivity contribution in [1.82, 2.24) is 14.1 Å². The van der Waals surface area contributed by atoms with E-state index in [1.807, 2.05) is 7.05 Å². The Bertz CT molecular complexity index is 812. The minimum absolute atomic E-state index is 0.129. The van der Waals surface area contributed by atoms with Crippen LogP contribution in [0.3, 0.4) is 0 Å². The van der Waals surface area contributed by atoms with Crippen molar-refractivity contribution in [3.05, 3.63) is 22.7 Å². The van der Waals surface area contributed by atoms with Crippen LogP contribution in [0, 0.1) is 0 Å². The zero-order chi connectivity index (χ0) is 18.0. The summed E-state index contributed by atoms with van der Waals surface area (Å²) in [6, 6.07) is 0.992. The molecule has 0 unspecified atom stereocenters. The minimum Gasteiger partial charge on any atom is -0.305 e. The summed E-state index contributed by atoms with van der Waals surface area (Å²) in [6.45, 7) is 2.45. The first-order valence-electron chi connectivity index (χ1n) is 7.60. The van der Waals surface area contributed by atoms with Gasteiger partial charge in [0.25, 0.3) is 10.0 Å². The van der Waals surface area contributed by atoms with Gasteiger partial charge < -0.3 is 10.2 Å². The maximum atomic E-state index is 12.8. The van der Waals surface area contributed by atoms with Crippen molar-refractivity contribution in [1.29, 1.82) is 0 Å². The van der Waals surface area contributed by atoms with Crippen molar-refractivity contribution in [3.63, 3.8) is 0 Å². The molecule has 3 heterocycles. The summed E-state index contributed by atoms with van der Waals surface area (Å²) in [5.41, 5.74) is 0.285. The van der Waals surface area contributed by atoms with Gasteiger partial charge in [-0.05, 0) is 19.2 Å². The first-order chi connectivity index (χ1) is 11.9. The second kappa shape index (κ2) is 7.42. The average Bonchev–Trinajstić information content (AvgIpc) is 2.97. The van der Waals surface area contributed by atoms with E-state index in [1.165, 1.54) is 15.3 Å². The number of aliphatic imine (C=N–C) groups is 1. The number of anilines is 1. The minimum atomic E-state index is -3.61. The summed E-state index contributed by atoms with van der Waals surface area (Å²) in [5.74, 6) is 0. The van der Waals surface area contributed by atoms with E-state index in [-0.39, 0.29) is 20.9 Å². The lowest BCUT2D eigenvalue weighted by molar-refractivity contribution is 0.222. The highest BCUT2D eigenvalue weighted by Crippen LogP contribution is 2.36. The standard InChI is InChI=1S/C14H18ClN5O3S2/c1-18-5-7-20(8-6-18)25(22,23)12-9-11(13(15)24-12)17-14(21)19-4-2-3-16-10-19/h2-4,9H,5-8,10H2,1H3,(H,17,21). The van der Waals surface area contributed by atoms with Crippen molar-refractivity contribution < 1.29 is 13.2 Å². The normalized spacial score (nSPS) is 19.4. The van der Waals surface area contributed by atoms with E-state index in [2.05, 4.69) is 15.2 Å². The van der Waals surface area contributed by atoms with Gasteiger partial charge >= 0.3 is 6.03 Å². The summed E-state index contributed by atoms with van der Waals surface area (Å²) < 4.78 is 27.3. The fourth-order valence-electron chi connectivity index (χ4n) is 2.42. The van der Waals surface area contributed by atoms with Crippen LogP contribution in [0.1, 0.15) is 0 Å². The first-order valence-corrected chi connectivity index (χ1v) is 10.2. The Morgan fingerprint density at radius 2 is 2.04 bits per heavy atom. The molecule has 0 atom stereocenters. The quantitative estimate of drug-likeness (QED) is 0.832. The van der Waals surface area contributed by atoms with Gasteiger partial charge in [0, 0.05) is 38.6 Å². The summed E-state index contributed by atoms with van der Waals surface area (Å²) in [7, 11) is -1.65. The molecule has 0 bridgehead atoms. The maximum Gasteiger partial charge on any atom is 0.327 e. The van der Waals surface area contributed by atoms with Crippen LogP contribution in [0.25, 0.3) is 0 Å². The molecule has 8 nitrogen and oxygen atoms in total. The van der Waals surface area contributed by atoms with Gasteiger partial charge in [-0.3, -0.25) is 9.89 Å². The molecule has 0 saturated carbocycles. The smallest absolute Gasteiger partial charge is 0.305 e. The number of carbonyl (C=O) groups excluding carboxylic acids is 1. The molecule has 11 heteroatoms. The van der Waals surface area contributed by atoms with E-state index in [0.29, 0.717) is 26.2 Å². The number of carbonyl (C=O) groups is 1. The SMILES string of the molecule is CN1CCN(S(=O)(=O)c2cc(NC(=O)N3C=CC=NC3)c(Cl)s2)CC1. The lowest BCUT2D eigenvalue weighted by atomic mass is 10.4. The van der Waals surface area contributed by atoms with Crippen LogP contribution in [0.2, 0.25) is 4.34 Å². The molecule has 0 aromatic carbocycles. The number of hydrogen-bond acceptors (Lipinski definition) is 6. The Morgan fingerprint density at radius 3 is 2.68 bits per heavy atom. The molecule has 0 spiro atoms. The van der Waals surface area contributed by atoms with Crippen LogP contribution in [0.15, 0.2) is 27.5 Å². The molecule has 1 aromatic rings. The van der Waals surface area contributed by atoms with Gasteiger partial charge in [0.05, 0.1) is 5.69 Å². The highest BCUT2D eigenvalue weighted by Gasteiger charge is 2.30. The largest absolute Gasteiger partial charge is 0.327 e. The van der Waals surface area contributed by atoms with E-state index in [1.54, 1.807) is 18.5 Å². The van der Waals surface area contributed by atoms with Crippen molar-refractivity contribution in [2.75, 3.05) is 45.2 Å². The van der Waals surface area contributed by atoms with Crippen LogP contribution < -0.4 is 5.32 Å². The zero-order valence-electron chi connectivity index (χ0n) is 13.6. The molecule has 1 aromatic heterocycles. The Balaban J connectivity index is 1.74. The molecule has 1 saturated heterocycles. The van der Waals surface area contributed by atoms with Crippen LogP contribution in [0.4, 0.5) is 10.5 Å². The molecule has 2 aliphatic heterocycles. The molecular weight excluding hydrogens is 386 g/mol. The second-order valence-corrected chi connectivity index (χ2v) is 9.49. The van der Waals surface area contributed by atoms with Crippen molar-refractivity contribution in [2.45, 2.75) is 4.21 Å². The highest BCUT2D eigenvalue weighted by atomic mass is 35.5. The fourth-order valence-corrected chi connectivity index (χ4v) is 5.63. The summed E-state index contributed by atoms with van der Waals surface area (Å²) >= 11 is 7.09. The third-order valence-electron chi connectivity index (χ3n) is 3.91. The molecule has 0 aliphatic carbocycles. The van der Waals surface area contributed by atoms with Gasteiger partial charge in [-0.25, -0.2) is 13.2 Å².